The van der Waals surface area contributed by atoms with Crippen LogP contribution in [-0.4, -0.2) is 57.9 Å². The van der Waals surface area contributed by atoms with Crippen molar-refractivity contribution >= 4 is 34.5 Å². The average molecular weight is 349 g/mol. The Morgan fingerprint density at radius 2 is 2.12 bits per heavy atom. The number of H-pyrrole nitrogens is 1. The zero-order valence-electron chi connectivity index (χ0n) is 13.4. The smallest absolute Gasteiger partial charge is 0.283 e. The van der Waals surface area contributed by atoms with E-state index in [0.29, 0.717) is 6.42 Å². The van der Waals surface area contributed by atoms with Crippen LogP contribution in [0.2, 0.25) is 0 Å². The number of hydroxylamine groups is 2. The van der Waals surface area contributed by atoms with Gasteiger partial charge in [0.05, 0.1) is 13.7 Å². The van der Waals surface area contributed by atoms with E-state index in [9.17, 15) is 14.7 Å². The number of nitrogens with zero attached hydrogens (tertiary/aromatic N) is 1. The minimum absolute atomic E-state index is 0.306. The maximum Gasteiger partial charge on any atom is 0.283 e. The van der Waals surface area contributed by atoms with Crippen LogP contribution >= 0.6 is 11.8 Å². The molecule has 0 saturated carbocycles. The van der Waals surface area contributed by atoms with Gasteiger partial charge in [-0.2, -0.15) is 0 Å². The van der Waals surface area contributed by atoms with E-state index in [1.807, 2.05) is 30.5 Å². The predicted molar refractivity (Wildman–Crippen MR) is 91.1 cm³/mol. The lowest BCUT2D eigenvalue weighted by molar-refractivity contribution is -0.205. The van der Waals surface area contributed by atoms with E-state index in [2.05, 4.69) is 10.3 Å². The quantitative estimate of drug-likeness (QED) is 0.737. The summed E-state index contributed by atoms with van der Waals surface area (Å²) in [7, 11) is 1.32. The number of hydrogen-bond donors (Lipinski definition) is 3. The third kappa shape index (κ3) is 2.56. The number of aliphatic hydroxyl groups excluding tert-OH is 1. The van der Waals surface area contributed by atoms with E-state index < -0.39 is 23.4 Å². The number of carbonyl (C=O) groups is 2. The second kappa shape index (κ2) is 6.46. The fourth-order valence-electron chi connectivity index (χ4n) is 3.01. The maximum absolute atomic E-state index is 12.9. The third-order valence-electron chi connectivity index (χ3n) is 4.29. The Kier molecular flexibility index (Phi) is 4.53. The molecule has 24 heavy (non-hydrogen) atoms. The van der Waals surface area contributed by atoms with Crippen LogP contribution in [0.3, 0.4) is 0 Å². The number of amides is 2. The molecule has 8 heteroatoms. The van der Waals surface area contributed by atoms with Crippen molar-refractivity contribution in [3.8, 4) is 0 Å². The monoisotopic (exact) mass is 349 g/mol. The van der Waals surface area contributed by atoms with E-state index in [1.54, 1.807) is 6.26 Å². The van der Waals surface area contributed by atoms with E-state index in [1.165, 1.54) is 18.9 Å². The molecule has 0 radical (unpaired) electrons. The fraction of sp³-hybridized carbons (Fsp3) is 0.375. The SMILES string of the molecule is CON1C(=O)[C@](Cc2c[nH]c3ccccc23)(SC)NC(=O)[C@H]1CO. The molecular formula is C16H19N3O4S. The minimum Gasteiger partial charge on any atom is -0.394 e. The predicted octanol–water partition coefficient (Wildman–Crippen LogP) is 0.650. The van der Waals surface area contributed by atoms with E-state index >= 15 is 0 Å². The summed E-state index contributed by atoms with van der Waals surface area (Å²) in [6, 6.07) is 6.74. The molecule has 1 aliphatic rings. The van der Waals surface area contributed by atoms with Crippen LogP contribution in [0.4, 0.5) is 0 Å². The van der Waals surface area contributed by atoms with Crippen LogP contribution in [0.15, 0.2) is 30.5 Å². The fourth-order valence-corrected chi connectivity index (χ4v) is 3.77. The van der Waals surface area contributed by atoms with E-state index in [4.69, 9.17) is 4.84 Å². The Morgan fingerprint density at radius 3 is 2.79 bits per heavy atom. The van der Waals surface area contributed by atoms with Crippen LogP contribution in [0.25, 0.3) is 10.9 Å². The normalized spacial score (nSPS) is 24.5. The number of thioether (sulfide) groups is 1. The van der Waals surface area contributed by atoms with Gasteiger partial charge in [0.15, 0.2) is 10.9 Å². The first-order valence-electron chi connectivity index (χ1n) is 7.47. The molecule has 1 aliphatic heterocycles. The standard InChI is InChI=1S/C16H19N3O4S/c1-23-19-13(9-20)14(21)18-16(24-2,15(19)22)7-10-8-17-12-6-4-3-5-11(10)12/h3-6,8,13,17,20H,7,9H2,1-2H3,(H,18,21)/t13-,16+/m1/s1. The van der Waals surface area contributed by atoms with Gasteiger partial charge in [-0.25, -0.2) is 5.06 Å². The molecular weight excluding hydrogens is 330 g/mol. The molecule has 7 nitrogen and oxygen atoms in total. The van der Waals surface area contributed by atoms with Crippen molar-refractivity contribution in [2.45, 2.75) is 17.3 Å². The van der Waals surface area contributed by atoms with Gasteiger partial charge in [0, 0.05) is 23.5 Å². The second-order valence-electron chi connectivity index (χ2n) is 5.57. The van der Waals surface area contributed by atoms with Crippen LogP contribution in [-0.2, 0) is 20.8 Å². The summed E-state index contributed by atoms with van der Waals surface area (Å²) in [4.78, 5) is 32.3. The number of hydrogen-bond acceptors (Lipinski definition) is 5. The summed E-state index contributed by atoms with van der Waals surface area (Å²) in [5.41, 5.74) is 1.89. The lowest BCUT2D eigenvalue weighted by Crippen LogP contribution is -2.70. The number of aromatic nitrogens is 1. The summed E-state index contributed by atoms with van der Waals surface area (Å²) < 4.78 is 0. The highest BCUT2D eigenvalue weighted by atomic mass is 32.2. The number of para-hydroxylation sites is 1. The number of aliphatic hydroxyl groups is 1. The minimum atomic E-state index is -1.18. The Bertz CT molecular complexity index is 778. The van der Waals surface area contributed by atoms with Crippen LogP contribution in [0.1, 0.15) is 5.56 Å². The number of carbonyl (C=O) groups excluding carboxylic acids is 2. The van der Waals surface area contributed by atoms with Crippen LogP contribution < -0.4 is 5.32 Å². The van der Waals surface area contributed by atoms with Gasteiger partial charge in [0.25, 0.3) is 5.91 Å². The largest absolute Gasteiger partial charge is 0.394 e. The van der Waals surface area contributed by atoms with Crippen molar-refractivity contribution < 1.29 is 19.5 Å². The molecule has 128 valence electrons. The summed E-state index contributed by atoms with van der Waals surface area (Å²) in [6.45, 7) is -0.497. The van der Waals surface area contributed by atoms with Gasteiger partial charge < -0.3 is 15.4 Å². The number of piperazine rings is 1. The zero-order valence-corrected chi connectivity index (χ0v) is 14.2. The topological polar surface area (TPSA) is 94.7 Å². The molecule has 2 heterocycles. The van der Waals surface area contributed by atoms with Gasteiger partial charge in [-0.1, -0.05) is 18.2 Å². The highest BCUT2D eigenvalue weighted by Gasteiger charge is 2.51. The van der Waals surface area contributed by atoms with Gasteiger partial charge in [0.2, 0.25) is 5.91 Å². The Morgan fingerprint density at radius 1 is 1.38 bits per heavy atom. The third-order valence-corrected chi connectivity index (χ3v) is 5.41. The van der Waals surface area contributed by atoms with Gasteiger partial charge in [0.1, 0.15) is 0 Å². The van der Waals surface area contributed by atoms with Crippen molar-refractivity contribution in [2.75, 3.05) is 20.0 Å². The molecule has 1 aromatic heterocycles. The molecule has 0 unspecified atom stereocenters. The number of benzene rings is 1. The van der Waals surface area contributed by atoms with Crippen molar-refractivity contribution in [3.05, 3.63) is 36.0 Å². The summed E-state index contributed by atoms with van der Waals surface area (Å²) in [5, 5.41) is 14.1. The maximum atomic E-state index is 12.9. The molecule has 2 atom stereocenters. The first-order valence-corrected chi connectivity index (χ1v) is 8.69. The number of rotatable bonds is 5. The molecule has 2 aromatic rings. The molecule has 1 aromatic carbocycles. The number of aromatic amines is 1. The summed E-state index contributed by atoms with van der Waals surface area (Å²) in [6.07, 6.45) is 3.91. The second-order valence-corrected chi connectivity index (χ2v) is 6.67. The van der Waals surface area contributed by atoms with Gasteiger partial charge >= 0.3 is 0 Å². The highest BCUT2D eigenvalue weighted by molar-refractivity contribution is 8.00. The summed E-state index contributed by atoms with van der Waals surface area (Å²) in [5.74, 6) is -0.824. The molecule has 3 rings (SSSR count). The van der Waals surface area contributed by atoms with Crippen molar-refractivity contribution in [3.63, 3.8) is 0 Å². The average Bonchev–Trinajstić information content (AvgIpc) is 3.00. The van der Waals surface area contributed by atoms with Crippen molar-refractivity contribution in [1.29, 1.82) is 0 Å². The highest BCUT2D eigenvalue weighted by Crippen LogP contribution is 2.33. The lowest BCUT2D eigenvalue weighted by Gasteiger charge is -2.43. The van der Waals surface area contributed by atoms with Gasteiger partial charge in [-0.15, -0.1) is 11.8 Å². The summed E-state index contributed by atoms with van der Waals surface area (Å²) >= 11 is 1.24. The molecule has 0 aliphatic carbocycles. The Hall–Kier alpha value is -2.03. The number of nitrogens with one attached hydrogen (secondary N) is 2. The molecule has 0 spiro atoms. The zero-order chi connectivity index (χ0) is 17.3. The lowest BCUT2D eigenvalue weighted by atomic mass is 10.0. The number of fused-ring (bicyclic) bond motifs is 1. The molecule has 1 fully saturated rings. The van der Waals surface area contributed by atoms with Crippen LogP contribution in [0.5, 0.6) is 0 Å². The van der Waals surface area contributed by atoms with Gasteiger partial charge in [-0.05, 0) is 17.9 Å². The Balaban J connectivity index is 1.99. The molecule has 1 saturated heterocycles. The Labute approximate surface area is 143 Å². The van der Waals surface area contributed by atoms with E-state index in [-0.39, 0.29) is 5.91 Å². The first kappa shape index (κ1) is 16.8. The van der Waals surface area contributed by atoms with Crippen molar-refractivity contribution in [2.24, 2.45) is 0 Å². The van der Waals surface area contributed by atoms with Gasteiger partial charge in [-0.3, -0.25) is 14.4 Å². The van der Waals surface area contributed by atoms with E-state index in [0.717, 1.165) is 21.5 Å². The first-order chi connectivity index (χ1) is 11.6. The molecule has 2 amide bonds. The molecule has 0 bridgehead atoms. The molecule has 3 N–H and O–H groups in total. The van der Waals surface area contributed by atoms with Crippen LogP contribution in [0, 0.1) is 0 Å². The van der Waals surface area contributed by atoms with Crippen molar-refractivity contribution in [1.82, 2.24) is 15.4 Å².